The first-order valence-electron chi connectivity index (χ1n) is 7.97. The van der Waals surface area contributed by atoms with Gasteiger partial charge in [-0.05, 0) is 30.0 Å². The molecule has 1 unspecified atom stereocenters. The Morgan fingerprint density at radius 3 is 2.36 bits per heavy atom. The molecule has 6 heteroatoms. The van der Waals surface area contributed by atoms with E-state index >= 15 is 0 Å². The summed E-state index contributed by atoms with van der Waals surface area (Å²) in [6.45, 7) is 5.77. The number of benzene rings is 1. The number of ether oxygens (including phenoxy) is 1. The fourth-order valence-corrected chi connectivity index (χ4v) is 2.24. The molecule has 1 heterocycles. The first kappa shape index (κ1) is 18.4. The Bertz CT molecular complexity index is 721. The van der Waals surface area contributed by atoms with Gasteiger partial charge in [0.2, 0.25) is 5.88 Å². The van der Waals surface area contributed by atoms with Crippen molar-refractivity contribution in [3.63, 3.8) is 0 Å². The van der Waals surface area contributed by atoms with Gasteiger partial charge in [-0.25, -0.2) is 9.78 Å². The molecule has 0 bridgehead atoms. The minimum atomic E-state index is -1.06. The summed E-state index contributed by atoms with van der Waals surface area (Å²) in [5.41, 5.74) is 0.0580. The number of nitrogens with one attached hydrogen (secondary N) is 1. The molecule has 0 fully saturated rings. The number of carboxylic acid groups (broad SMARTS) is 1. The Hall–Kier alpha value is -2.89. The maximum absolute atomic E-state index is 12.3. The molecule has 1 atom stereocenters. The third-order valence-electron chi connectivity index (χ3n) is 3.38. The number of aliphatic carboxylic acids is 1. The number of amides is 1. The number of hydrogen-bond acceptors (Lipinski definition) is 4. The number of para-hydroxylation sites is 1. The number of rotatable bonds is 6. The van der Waals surface area contributed by atoms with E-state index in [2.05, 4.69) is 10.3 Å². The van der Waals surface area contributed by atoms with Gasteiger partial charge in [0, 0.05) is 12.3 Å². The van der Waals surface area contributed by atoms with Crippen molar-refractivity contribution in [1.29, 1.82) is 0 Å². The average Bonchev–Trinajstić information content (AvgIpc) is 2.54. The van der Waals surface area contributed by atoms with Gasteiger partial charge >= 0.3 is 5.97 Å². The zero-order chi connectivity index (χ0) is 18.4. The summed E-state index contributed by atoms with van der Waals surface area (Å²) in [7, 11) is 0. The molecule has 0 aliphatic rings. The van der Waals surface area contributed by atoms with Crippen LogP contribution in [0, 0.1) is 5.41 Å². The molecular weight excluding hydrogens is 320 g/mol. The lowest BCUT2D eigenvalue weighted by atomic mass is 9.88. The zero-order valence-electron chi connectivity index (χ0n) is 14.5. The van der Waals surface area contributed by atoms with Crippen LogP contribution in [0.15, 0.2) is 48.7 Å². The smallest absolute Gasteiger partial charge is 0.326 e. The second-order valence-electron chi connectivity index (χ2n) is 6.93. The van der Waals surface area contributed by atoms with Crippen molar-refractivity contribution in [2.24, 2.45) is 5.41 Å². The number of carbonyl (C=O) groups is 2. The molecule has 0 aliphatic carbocycles. The van der Waals surface area contributed by atoms with E-state index in [1.807, 2.05) is 39.0 Å². The molecular formula is C19H22N2O4. The third-order valence-corrected chi connectivity index (χ3v) is 3.38. The van der Waals surface area contributed by atoms with Crippen molar-refractivity contribution in [1.82, 2.24) is 10.3 Å². The first-order chi connectivity index (χ1) is 11.7. The highest BCUT2D eigenvalue weighted by atomic mass is 16.5. The molecule has 1 aromatic carbocycles. The zero-order valence-corrected chi connectivity index (χ0v) is 14.5. The second-order valence-corrected chi connectivity index (χ2v) is 6.93. The van der Waals surface area contributed by atoms with Crippen LogP contribution in [0.2, 0.25) is 0 Å². The number of hydrogen-bond donors (Lipinski definition) is 2. The highest BCUT2D eigenvalue weighted by Crippen LogP contribution is 2.22. The predicted molar refractivity (Wildman–Crippen MR) is 93.7 cm³/mol. The van der Waals surface area contributed by atoms with Crippen LogP contribution < -0.4 is 10.1 Å². The van der Waals surface area contributed by atoms with Crippen molar-refractivity contribution in [3.8, 4) is 11.6 Å². The monoisotopic (exact) mass is 342 g/mol. The Morgan fingerprint density at radius 2 is 1.84 bits per heavy atom. The van der Waals surface area contributed by atoms with Gasteiger partial charge in [0.25, 0.3) is 5.91 Å². The summed E-state index contributed by atoms with van der Waals surface area (Å²) in [5, 5.41) is 11.8. The summed E-state index contributed by atoms with van der Waals surface area (Å²) in [4.78, 5) is 27.7. The third kappa shape index (κ3) is 5.91. The highest BCUT2D eigenvalue weighted by Gasteiger charge is 2.26. The van der Waals surface area contributed by atoms with Crippen LogP contribution in [-0.4, -0.2) is 28.0 Å². The quantitative estimate of drug-likeness (QED) is 0.839. The summed E-state index contributed by atoms with van der Waals surface area (Å²) in [5.74, 6) is -0.536. The molecule has 2 rings (SSSR count). The summed E-state index contributed by atoms with van der Waals surface area (Å²) in [6.07, 6.45) is 1.69. The Morgan fingerprint density at radius 1 is 1.16 bits per heavy atom. The predicted octanol–water partition coefficient (Wildman–Crippen LogP) is 3.49. The summed E-state index contributed by atoms with van der Waals surface area (Å²) < 4.78 is 5.56. The van der Waals surface area contributed by atoms with Gasteiger partial charge in [-0.3, -0.25) is 4.79 Å². The maximum Gasteiger partial charge on any atom is 0.326 e. The van der Waals surface area contributed by atoms with Crippen molar-refractivity contribution in [3.05, 3.63) is 54.2 Å². The maximum atomic E-state index is 12.3. The Labute approximate surface area is 146 Å². The lowest BCUT2D eigenvalue weighted by molar-refractivity contribution is -0.140. The molecule has 0 radical (unpaired) electrons. The van der Waals surface area contributed by atoms with Crippen LogP contribution in [0.25, 0.3) is 0 Å². The Kier molecular flexibility index (Phi) is 5.75. The molecule has 0 saturated carbocycles. The van der Waals surface area contributed by atoms with Crippen molar-refractivity contribution >= 4 is 11.9 Å². The lowest BCUT2D eigenvalue weighted by Gasteiger charge is -2.23. The molecule has 2 aromatic rings. The Balaban J connectivity index is 2.03. The fraction of sp³-hybridized carbons (Fsp3) is 0.316. The molecule has 0 spiro atoms. The molecule has 6 nitrogen and oxygen atoms in total. The average molecular weight is 342 g/mol. The van der Waals surface area contributed by atoms with E-state index in [1.54, 1.807) is 24.3 Å². The number of pyridine rings is 1. The summed E-state index contributed by atoms with van der Waals surface area (Å²) in [6, 6.07) is 11.3. The summed E-state index contributed by atoms with van der Waals surface area (Å²) >= 11 is 0. The van der Waals surface area contributed by atoms with E-state index < -0.39 is 17.9 Å². The van der Waals surface area contributed by atoms with E-state index in [4.69, 9.17) is 4.74 Å². The van der Waals surface area contributed by atoms with Gasteiger partial charge in [0.15, 0.2) is 0 Å². The number of carbonyl (C=O) groups excluding carboxylic acids is 1. The van der Waals surface area contributed by atoms with Crippen molar-refractivity contribution < 1.29 is 19.4 Å². The SMILES string of the molecule is CC(C)(C)CC(NC(=O)c1ccc(Oc2ccccc2)nc1)C(=O)O. The molecule has 132 valence electrons. The van der Waals surface area contributed by atoms with Crippen LogP contribution in [0.4, 0.5) is 0 Å². The van der Waals surface area contributed by atoms with Gasteiger partial charge in [-0.1, -0.05) is 39.0 Å². The van der Waals surface area contributed by atoms with E-state index in [0.717, 1.165) is 0 Å². The van der Waals surface area contributed by atoms with Gasteiger partial charge < -0.3 is 15.2 Å². The molecule has 1 aromatic heterocycles. The van der Waals surface area contributed by atoms with E-state index in [0.29, 0.717) is 18.1 Å². The fourth-order valence-electron chi connectivity index (χ4n) is 2.24. The lowest BCUT2D eigenvalue weighted by Crippen LogP contribution is -2.43. The number of nitrogens with zero attached hydrogens (tertiary/aromatic N) is 1. The van der Waals surface area contributed by atoms with Crippen LogP contribution in [0.1, 0.15) is 37.6 Å². The standard InChI is InChI=1S/C19H22N2O4/c1-19(2,3)11-15(18(23)24)21-17(22)13-9-10-16(20-12-13)25-14-7-5-4-6-8-14/h4-10,12,15H,11H2,1-3H3,(H,21,22)(H,23,24). The topological polar surface area (TPSA) is 88.5 Å². The number of carboxylic acids is 1. The molecule has 1 amide bonds. The van der Waals surface area contributed by atoms with Gasteiger partial charge in [-0.2, -0.15) is 0 Å². The van der Waals surface area contributed by atoms with Crippen LogP contribution >= 0.6 is 0 Å². The van der Waals surface area contributed by atoms with Crippen molar-refractivity contribution in [2.45, 2.75) is 33.2 Å². The minimum Gasteiger partial charge on any atom is -0.480 e. The number of aromatic nitrogens is 1. The molecule has 2 N–H and O–H groups in total. The largest absolute Gasteiger partial charge is 0.480 e. The minimum absolute atomic E-state index is 0.220. The first-order valence-corrected chi connectivity index (χ1v) is 7.97. The van der Waals surface area contributed by atoms with Gasteiger partial charge in [0.05, 0.1) is 5.56 Å². The highest BCUT2D eigenvalue weighted by molar-refractivity contribution is 5.96. The van der Waals surface area contributed by atoms with Crippen molar-refractivity contribution in [2.75, 3.05) is 0 Å². The van der Waals surface area contributed by atoms with E-state index in [-0.39, 0.29) is 11.0 Å². The van der Waals surface area contributed by atoms with Crippen LogP contribution in [-0.2, 0) is 4.79 Å². The van der Waals surface area contributed by atoms with E-state index in [1.165, 1.54) is 6.20 Å². The van der Waals surface area contributed by atoms with Crippen LogP contribution in [0.3, 0.4) is 0 Å². The van der Waals surface area contributed by atoms with Crippen LogP contribution in [0.5, 0.6) is 11.6 Å². The van der Waals surface area contributed by atoms with Gasteiger partial charge in [0.1, 0.15) is 11.8 Å². The molecule has 0 saturated heterocycles. The second kappa shape index (κ2) is 7.79. The molecule has 25 heavy (non-hydrogen) atoms. The molecule has 0 aliphatic heterocycles. The van der Waals surface area contributed by atoms with E-state index in [9.17, 15) is 14.7 Å². The normalized spacial score (nSPS) is 12.3. The van der Waals surface area contributed by atoms with Gasteiger partial charge in [-0.15, -0.1) is 0 Å².